The molecule has 2 N–H and O–H groups in total. The predicted octanol–water partition coefficient (Wildman–Crippen LogP) is 3.57. The van der Waals surface area contributed by atoms with Crippen LogP contribution in [0.15, 0.2) is 29.4 Å². The van der Waals surface area contributed by atoms with E-state index in [2.05, 4.69) is 20.2 Å². The fraction of sp³-hybridized carbons (Fsp3) is 0.556. The number of nitrogens with one attached hydrogen (secondary N) is 2. The molecule has 11 nitrogen and oxygen atoms in total. The van der Waals surface area contributed by atoms with Crippen molar-refractivity contribution < 1.29 is 14.3 Å². The minimum atomic E-state index is -0.351. The largest absolute Gasteiger partial charge is 0.448 e. The van der Waals surface area contributed by atoms with Crippen molar-refractivity contribution in [1.82, 2.24) is 24.7 Å². The zero-order valence-corrected chi connectivity index (χ0v) is 22.6. The van der Waals surface area contributed by atoms with Gasteiger partial charge in [-0.1, -0.05) is 12.8 Å². The molecule has 0 spiro atoms. The van der Waals surface area contributed by atoms with E-state index in [4.69, 9.17) is 9.73 Å². The molecule has 38 heavy (non-hydrogen) atoms. The number of anilines is 2. The van der Waals surface area contributed by atoms with Gasteiger partial charge in [-0.3, -0.25) is 9.69 Å². The third-order valence-corrected chi connectivity index (χ3v) is 7.39. The molecule has 0 unspecified atom stereocenters. The molecular formula is C27H38N8O3. The molecule has 1 aliphatic carbocycles. The van der Waals surface area contributed by atoms with Crippen LogP contribution in [0.4, 0.5) is 22.1 Å². The zero-order chi connectivity index (χ0) is 26.6. The summed E-state index contributed by atoms with van der Waals surface area (Å²) in [5.74, 6) is 2.15. The van der Waals surface area contributed by atoms with Crippen LogP contribution in [0, 0.1) is 0 Å². The van der Waals surface area contributed by atoms with Gasteiger partial charge >= 0.3 is 6.09 Å². The number of pyridine rings is 1. The van der Waals surface area contributed by atoms with Crippen LogP contribution in [0.1, 0.15) is 60.6 Å². The minimum Gasteiger partial charge on any atom is -0.448 e. The lowest BCUT2D eigenvalue weighted by molar-refractivity contribution is 0.0815. The Morgan fingerprint density at radius 3 is 2.71 bits per heavy atom. The van der Waals surface area contributed by atoms with Crippen LogP contribution in [0.3, 0.4) is 0 Å². The Bertz CT molecular complexity index is 1180. The molecule has 2 fully saturated rings. The fourth-order valence-corrected chi connectivity index (χ4v) is 5.37. The van der Waals surface area contributed by atoms with Crippen molar-refractivity contribution in [2.75, 3.05) is 57.6 Å². The van der Waals surface area contributed by atoms with E-state index in [0.29, 0.717) is 49.4 Å². The molecule has 0 atom stereocenters. The second-order valence-corrected chi connectivity index (χ2v) is 10.4. The normalized spacial score (nSPS) is 19.0. The van der Waals surface area contributed by atoms with E-state index in [-0.39, 0.29) is 18.0 Å². The number of nitrogens with zero attached hydrogens (tertiary/aromatic N) is 6. The summed E-state index contributed by atoms with van der Waals surface area (Å²) in [7, 11) is 5.55. The average Bonchev–Trinajstić information content (AvgIpc) is 3.56. The fourth-order valence-electron chi connectivity index (χ4n) is 5.37. The van der Waals surface area contributed by atoms with E-state index in [9.17, 15) is 9.59 Å². The van der Waals surface area contributed by atoms with Crippen molar-refractivity contribution in [3.05, 3.63) is 35.7 Å². The Hall–Kier alpha value is -3.60. The second kappa shape index (κ2) is 11.4. The topological polar surface area (TPSA) is 107 Å². The lowest BCUT2D eigenvalue weighted by Crippen LogP contribution is -2.36. The lowest BCUT2D eigenvalue weighted by Gasteiger charge is -2.27. The Labute approximate surface area is 223 Å². The molecule has 2 aromatic rings. The highest BCUT2D eigenvalue weighted by Gasteiger charge is 2.31. The smallest absolute Gasteiger partial charge is 0.414 e. The maximum atomic E-state index is 13.0. The number of ether oxygens (including phenoxy) is 1. The molecule has 11 heteroatoms. The van der Waals surface area contributed by atoms with Gasteiger partial charge in [0.1, 0.15) is 23.9 Å². The third-order valence-electron chi connectivity index (χ3n) is 7.39. The predicted molar refractivity (Wildman–Crippen MR) is 147 cm³/mol. The van der Waals surface area contributed by atoms with Gasteiger partial charge in [-0.2, -0.15) is 4.99 Å². The molecule has 5 rings (SSSR count). The summed E-state index contributed by atoms with van der Waals surface area (Å²) in [5, 5.41) is 6.61. The third kappa shape index (κ3) is 5.47. The Morgan fingerprint density at radius 2 is 1.97 bits per heavy atom. The van der Waals surface area contributed by atoms with Crippen molar-refractivity contribution in [1.29, 1.82) is 0 Å². The summed E-state index contributed by atoms with van der Waals surface area (Å²) in [6.07, 6.45) is 7.66. The molecule has 1 saturated carbocycles. The summed E-state index contributed by atoms with van der Waals surface area (Å²) in [4.78, 5) is 40.5. The van der Waals surface area contributed by atoms with Crippen LogP contribution in [0.2, 0.25) is 0 Å². The number of guanidine groups is 1. The Balaban J connectivity index is 1.38. The van der Waals surface area contributed by atoms with Crippen LogP contribution in [0.25, 0.3) is 0 Å². The van der Waals surface area contributed by atoms with Crippen LogP contribution in [-0.2, 0) is 11.3 Å². The summed E-state index contributed by atoms with van der Waals surface area (Å²) in [6.45, 7) is 3.15. The maximum Gasteiger partial charge on any atom is 0.414 e. The van der Waals surface area contributed by atoms with E-state index < -0.39 is 0 Å². The molecule has 0 radical (unpaired) electrons. The van der Waals surface area contributed by atoms with Crippen LogP contribution in [0.5, 0.6) is 0 Å². The van der Waals surface area contributed by atoms with Crippen molar-refractivity contribution in [3.8, 4) is 0 Å². The van der Waals surface area contributed by atoms with Gasteiger partial charge in [0, 0.05) is 52.4 Å². The van der Waals surface area contributed by atoms with Crippen LogP contribution >= 0.6 is 0 Å². The van der Waals surface area contributed by atoms with E-state index in [0.717, 1.165) is 43.6 Å². The van der Waals surface area contributed by atoms with Gasteiger partial charge < -0.3 is 29.7 Å². The van der Waals surface area contributed by atoms with E-state index in [1.165, 1.54) is 12.8 Å². The van der Waals surface area contributed by atoms with Gasteiger partial charge in [-0.05, 0) is 50.4 Å². The maximum absolute atomic E-state index is 13.0. The standard InChI is InChI=1S/C27H38N8O3/c1-32(2)25(36)22-16-19-18-33(3)26(31-24(19)35(22)20-8-4-5-9-20)30-23-11-10-21(17-29-23)34-14-7-6-12-28-13-15-38-27(34)37/h10-11,16-17,20,28H,4-9,12-15,18H2,1-3H3,(H,29,30,31). The van der Waals surface area contributed by atoms with Gasteiger partial charge in [0.2, 0.25) is 5.96 Å². The van der Waals surface area contributed by atoms with Crippen molar-refractivity contribution >= 4 is 35.3 Å². The highest BCUT2D eigenvalue weighted by Crippen LogP contribution is 2.39. The number of rotatable bonds is 4. The van der Waals surface area contributed by atoms with Gasteiger partial charge in [0.25, 0.3) is 5.91 Å². The van der Waals surface area contributed by atoms with Gasteiger partial charge in [-0.25, -0.2) is 9.78 Å². The number of cyclic esters (lactones) is 1. The molecule has 2 aliphatic heterocycles. The first-order valence-electron chi connectivity index (χ1n) is 13.6. The molecule has 0 aromatic carbocycles. The van der Waals surface area contributed by atoms with Crippen LogP contribution in [-0.4, -0.2) is 84.7 Å². The molecule has 0 bridgehead atoms. The first-order valence-corrected chi connectivity index (χ1v) is 13.6. The van der Waals surface area contributed by atoms with Gasteiger partial charge in [0.05, 0.1) is 11.9 Å². The lowest BCUT2D eigenvalue weighted by atomic mass is 10.2. The molecular weight excluding hydrogens is 484 g/mol. The highest BCUT2D eigenvalue weighted by atomic mass is 16.6. The molecule has 2 aromatic heterocycles. The van der Waals surface area contributed by atoms with E-state index in [1.54, 1.807) is 30.1 Å². The summed E-state index contributed by atoms with van der Waals surface area (Å²) in [5.41, 5.74) is 2.46. The average molecular weight is 523 g/mol. The van der Waals surface area contributed by atoms with Crippen LogP contribution < -0.4 is 15.5 Å². The highest BCUT2D eigenvalue weighted by molar-refractivity contribution is 5.98. The number of aromatic nitrogens is 2. The monoisotopic (exact) mass is 522 g/mol. The summed E-state index contributed by atoms with van der Waals surface area (Å²) in [6, 6.07) is 6.02. The van der Waals surface area contributed by atoms with E-state index in [1.807, 2.05) is 30.1 Å². The van der Waals surface area contributed by atoms with Crippen molar-refractivity contribution in [2.24, 2.45) is 4.99 Å². The summed E-state index contributed by atoms with van der Waals surface area (Å²) < 4.78 is 7.55. The second-order valence-electron chi connectivity index (χ2n) is 10.4. The molecule has 4 heterocycles. The van der Waals surface area contributed by atoms with E-state index >= 15 is 0 Å². The molecule has 2 amide bonds. The quantitative estimate of drug-likeness (QED) is 0.632. The number of fused-ring (bicyclic) bond motifs is 1. The summed E-state index contributed by atoms with van der Waals surface area (Å²) >= 11 is 0. The molecule has 204 valence electrons. The Morgan fingerprint density at radius 1 is 1.16 bits per heavy atom. The number of aliphatic imine (C=N–C) groups is 1. The number of hydrogen-bond donors (Lipinski definition) is 2. The van der Waals surface area contributed by atoms with Gasteiger partial charge in [-0.15, -0.1) is 0 Å². The zero-order valence-electron chi connectivity index (χ0n) is 22.6. The molecule has 1 saturated heterocycles. The van der Waals surface area contributed by atoms with Crippen molar-refractivity contribution in [3.63, 3.8) is 0 Å². The van der Waals surface area contributed by atoms with Gasteiger partial charge in [0.15, 0.2) is 0 Å². The number of amides is 2. The Kier molecular flexibility index (Phi) is 7.82. The first-order chi connectivity index (χ1) is 18.4. The number of carbonyl (C=O) groups excluding carboxylic acids is 2. The number of carbonyl (C=O) groups is 2. The first kappa shape index (κ1) is 26.0. The minimum absolute atomic E-state index is 0.00116. The SMILES string of the molecule is CN(C)C(=O)c1cc2c(n1C1CCCC1)N=C(Nc1ccc(N3CCCCNCCOC3=O)cn1)N(C)C2. The van der Waals surface area contributed by atoms with Crippen molar-refractivity contribution in [2.45, 2.75) is 51.1 Å². The molecule has 3 aliphatic rings. The number of hydrogen-bond acceptors (Lipinski definition) is 8.